The summed E-state index contributed by atoms with van der Waals surface area (Å²) >= 11 is 2.21. The van der Waals surface area contributed by atoms with Crippen LogP contribution in [-0.4, -0.2) is 6.10 Å². The van der Waals surface area contributed by atoms with Gasteiger partial charge < -0.3 is 50.9 Å². The second-order valence-electron chi connectivity index (χ2n) is 2.37. The maximum absolute atomic E-state index is 5.13. The molecule has 5 heteroatoms. The summed E-state index contributed by atoms with van der Waals surface area (Å²) in [7, 11) is 0. The van der Waals surface area contributed by atoms with E-state index in [2.05, 4.69) is 17.8 Å². The second-order valence-corrected chi connectivity index (χ2v) is 2.69. The van der Waals surface area contributed by atoms with E-state index in [1.54, 1.807) is 0 Å². The van der Waals surface area contributed by atoms with Crippen molar-refractivity contribution in [3.8, 4) is 0 Å². The molecule has 1 saturated carbocycles. The Morgan fingerprint density at radius 2 is 1.36 bits per heavy atom. The summed E-state index contributed by atoms with van der Waals surface area (Å²) < 4.78 is 5.13. The van der Waals surface area contributed by atoms with E-state index in [1.807, 2.05) is 0 Å². The van der Waals surface area contributed by atoms with Gasteiger partial charge in [-0.15, -0.1) is 0 Å². The van der Waals surface area contributed by atoms with Crippen LogP contribution in [0.1, 0.15) is 32.1 Å². The van der Waals surface area contributed by atoms with Crippen molar-refractivity contribution in [2.24, 2.45) is 0 Å². The van der Waals surface area contributed by atoms with Crippen LogP contribution < -0.4 is 50.9 Å². The monoisotopic (exact) mass is 387 g/mol. The van der Waals surface area contributed by atoms with E-state index in [1.165, 1.54) is 32.1 Å². The molecule has 0 saturated heterocycles. The van der Waals surface area contributed by atoms with E-state index in [0.29, 0.717) is 6.10 Å². The molecule has 0 bridgehead atoms. The van der Waals surface area contributed by atoms with Crippen molar-refractivity contribution in [2.45, 2.75) is 38.2 Å². The fourth-order valence-electron chi connectivity index (χ4n) is 1.17. The first-order chi connectivity index (χ1) is 3.93. The first kappa shape index (κ1) is 18.7. The predicted molar refractivity (Wildman–Crippen MR) is 28.0 cm³/mol. The van der Waals surface area contributed by atoms with E-state index < -0.39 is 0 Å². The summed E-state index contributed by atoms with van der Waals surface area (Å²) in [6.07, 6.45) is 7.24. The van der Waals surface area contributed by atoms with Gasteiger partial charge in [0.1, 0.15) is 0 Å². The third kappa shape index (κ3) is 8.32. The number of halogens is 3. The average Bonchev–Trinajstić information content (AvgIpc) is 1.90. The minimum absolute atomic E-state index is 0. The molecule has 1 nitrogen and oxygen atoms in total. The molecule has 0 unspecified atom stereocenters. The van der Waals surface area contributed by atoms with E-state index in [4.69, 9.17) is 3.66 Å². The van der Waals surface area contributed by atoms with Gasteiger partial charge in [0, 0.05) is 0 Å². The van der Waals surface area contributed by atoms with Crippen molar-refractivity contribution >= 4 is 0 Å². The zero-order chi connectivity index (χ0) is 5.82. The SMILES string of the molecule is [Br-].[Br-].[Br-].[V+3][O]C1CCCCC1. The first-order valence-electron chi connectivity index (χ1n) is 3.23. The summed E-state index contributed by atoms with van der Waals surface area (Å²) in [5, 5.41) is 0. The molecular formula is C6H11Br3OV. The average molecular weight is 390 g/mol. The Hall–Kier alpha value is 1.98. The molecule has 0 aromatic heterocycles. The fourth-order valence-corrected chi connectivity index (χ4v) is 1.50. The Labute approximate surface area is 110 Å². The summed E-state index contributed by atoms with van der Waals surface area (Å²) in [4.78, 5) is 0. The molecule has 0 N–H and O–H groups in total. The molecule has 0 aromatic carbocycles. The van der Waals surface area contributed by atoms with E-state index in [9.17, 15) is 0 Å². The summed E-state index contributed by atoms with van der Waals surface area (Å²) in [6.45, 7) is 0. The Kier molecular flexibility index (Phi) is 20.4. The van der Waals surface area contributed by atoms with Crippen molar-refractivity contribution in [1.82, 2.24) is 0 Å². The maximum atomic E-state index is 5.13. The standard InChI is InChI=1S/C6H11O.3BrH.V/c7-6-4-2-1-3-5-6;;;;/h6H,1-5H2;3*1H;/q-1;;;;+4/p-3. The van der Waals surface area contributed by atoms with Gasteiger partial charge in [-0.3, -0.25) is 0 Å². The Balaban J connectivity index is -0.000000213. The first-order valence-corrected chi connectivity index (χ1v) is 3.80. The zero-order valence-electron chi connectivity index (χ0n) is 6.10. The van der Waals surface area contributed by atoms with Gasteiger partial charge in [0.15, 0.2) is 0 Å². The molecular weight excluding hydrogens is 379 g/mol. The third-order valence-corrected chi connectivity index (χ3v) is 2.17. The molecule has 0 aromatic rings. The topological polar surface area (TPSA) is 9.23 Å². The molecule has 1 aliphatic carbocycles. The van der Waals surface area contributed by atoms with Gasteiger partial charge in [-0.05, 0) is 0 Å². The molecule has 67 valence electrons. The van der Waals surface area contributed by atoms with Gasteiger partial charge in [-0.1, -0.05) is 0 Å². The summed E-state index contributed by atoms with van der Waals surface area (Å²) in [5.41, 5.74) is 0. The van der Waals surface area contributed by atoms with Gasteiger partial charge in [-0.2, -0.15) is 0 Å². The molecule has 1 rings (SSSR count). The molecule has 0 amide bonds. The van der Waals surface area contributed by atoms with Crippen LogP contribution in [0.4, 0.5) is 0 Å². The van der Waals surface area contributed by atoms with Crippen molar-refractivity contribution in [2.75, 3.05) is 0 Å². The number of hydrogen-bond donors (Lipinski definition) is 0. The molecule has 11 heavy (non-hydrogen) atoms. The fraction of sp³-hybridized carbons (Fsp3) is 1.00. The van der Waals surface area contributed by atoms with Crippen molar-refractivity contribution in [3.63, 3.8) is 0 Å². The van der Waals surface area contributed by atoms with Crippen LogP contribution in [0.15, 0.2) is 0 Å². The molecule has 0 heterocycles. The van der Waals surface area contributed by atoms with Crippen LogP contribution in [0, 0.1) is 0 Å². The Morgan fingerprint density at radius 3 is 1.64 bits per heavy atom. The third-order valence-electron chi connectivity index (χ3n) is 1.70. The van der Waals surface area contributed by atoms with Crippen molar-refractivity contribution < 1.29 is 72.4 Å². The van der Waals surface area contributed by atoms with Crippen LogP contribution >= 0.6 is 0 Å². The van der Waals surface area contributed by atoms with Crippen LogP contribution in [0.3, 0.4) is 0 Å². The Morgan fingerprint density at radius 1 is 0.909 bits per heavy atom. The van der Waals surface area contributed by atoms with Crippen LogP contribution in [0.2, 0.25) is 0 Å². The molecule has 0 atom stereocenters. The Bertz CT molecular complexity index is 68.8. The minimum atomic E-state index is 0. The van der Waals surface area contributed by atoms with Crippen molar-refractivity contribution in [3.05, 3.63) is 0 Å². The molecule has 1 fully saturated rings. The number of hydrogen-bond acceptors (Lipinski definition) is 1. The molecule has 0 radical (unpaired) electrons. The number of rotatable bonds is 1. The molecule has 0 aliphatic heterocycles. The normalized spacial score (nSPS) is 17.3. The van der Waals surface area contributed by atoms with Gasteiger partial charge in [-0.25, -0.2) is 0 Å². The molecule has 0 spiro atoms. The van der Waals surface area contributed by atoms with Gasteiger partial charge in [0.25, 0.3) is 0 Å². The second kappa shape index (κ2) is 12.0. The molecule has 1 aliphatic rings. The van der Waals surface area contributed by atoms with E-state index in [-0.39, 0.29) is 50.9 Å². The van der Waals surface area contributed by atoms with E-state index >= 15 is 0 Å². The predicted octanol–water partition coefficient (Wildman–Crippen LogP) is -7.19. The van der Waals surface area contributed by atoms with Crippen molar-refractivity contribution in [1.29, 1.82) is 0 Å². The quantitative estimate of drug-likeness (QED) is 0.433. The zero-order valence-corrected chi connectivity index (χ0v) is 12.3. The van der Waals surface area contributed by atoms with E-state index in [0.717, 1.165) is 0 Å². The van der Waals surface area contributed by atoms with Gasteiger partial charge >= 0.3 is 59.6 Å². The van der Waals surface area contributed by atoms with Crippen LogP contribution in [0.25, 0.3) is 0 Å². The van der Waals surface area contributed by atoms with Crippen LogP contribution in [0.5, 0.6) is 0 Å². The van der Waals surface area contributed by atoms with Gasteiger partial charge in [0.2, 0.25) is 0 Å². The summed E-state index contributed by atoms with van der Waals surface area (Å²) in [5.74, 6) is 0. The van der Waals surface area contributed by atoms with Crippen LogP contribution in [-0.2, 0) is 21.4 Å². The van der Waals surface area contributed by atoms with Gasteiger partial charge in [0.05, 0.1) is 0 Å². The summed E-state index contributed by atoms with van der Waals surface area (Å²) in [6, 6.07) is 0.